The number of aryl methyl sites for hydroxylation is 2. The number of fused-ring (bicyclic) bond motifs is 1. The van der Waals surface area contributed by atoms with Gasteiger partial charge in [0.2, 0.25) is 5.95 Å². The number of hydrogen-bond donors (Lipinski definition) is 1. The number of nitrogens with zero attached hydrogens (tertiary/aromatic N) is 3. The first-order valence-corrected chi connectivity index (χ1v) is 9.87. The summed E-state index contributed by atoms with van der Waals surface area (Å²) in [6.45, 7) is 1.95. The van der Waals surface area contributed by atoms with Gasteiger partial charge in [0.1, 0.15) is 11.4 Å². The number of methoxy groups -OCH3 is 1. The van der Waals surface area contributed by atoms with E-state index in [9.17, 15) is 4.79 Å². The fourth-order valence-electron chi connectivity index (χ4n) is 3.33. The highest BCUT2D eigenvalue weighted by atomic mass is 35.5. The van der Waals surface area contributed by atoms with Crippen LogP contribution in [0.2, 0.25) is 10.0 Å². The van der Waals surface area contributed by atoms with E-state index >= 15 is 0 Å². The van der Waals surface area contributed by atoms with Crippen LogP contribution in [0.3, 0.4) is 0 Å². The Morgan fingerprint density at radius 3 is 2.50 bits per heavy atom. The highest BCUT2D eigenvalue weighted by Crippen LogP contribution is 2.33. The second kappa shape index (κ2) is 7.97. The predicted molar refractivity (Wildman–Crippen MR) is 121 cm³/mol. The third-order valence-electron chi connectivity index (χ3n) is 4.83. The highest BCUT2D eigenvalue weighted by molar-refractivity contribution is 6.39. The molecule has 0 amide bonds. The lowest BCUT2D eigenvalue weighted by Crippen LogP contribution is -2.20. The molecule has 4 rings (SSSR count). The summed E-state index contributed by atoms with van der Waals surface area (Å²) in [4.78, 5) is 21.9. The van der Waals surface area contributed by atoms with Crippen LogP contribution in [-0.2, 0) is 7.05 Å². The minimum atomic E-state index is -0.248. The lowest BCUT2D eigenvalue weighted by Gasteiger charge is -2.12. The maximum atomic E-state index is 13.0. The monoisotopic (exact) mass is 440 g/mol. The third kappa shape index (κ3) is 3.60. The maximum Gasteiger partial charge on any atom is 0.259 e. The van der Waals surface area contributed by atoms with E-state index in [1.807, 2.05) is 25.1 Å². The Balaban J connectivity index is 1.79. The van der Waals surface area contributed by atoms with Crippen molar-refractivity contribution in [2.45, 2.75) is 6.92 Å². The van der Waals surface area contributed by atoms with Gasteiger partial charge in [0.15, 0.2) is 0 Å². The van der Waals surface area contributed by atoms with E-state index in [1.54, 1.807) is 44.6 Å². The molecule has 4 aromatic rings. The summed E-state index contributed by atoms with van der Waals surface area (Å²) in [6.07, 6.45) is 1.66. The number of ether oxygens (including phenoxy) is 1. The Bertz CT molecular complexity index is 1310. The SMILES string of the molecule is COc1ccc(Nc2ncc3cc(-c4c(Cl)cccc4Cl)c(=O)n(C)c3n2)cc1C. The van der Waals surface area contributed by atoms with Gasteiger partial charge in [-0.2, -0.15) is 4.98 Å². The number of nitrogens with one attached hydrogen (secondary N) is 1. The molecule has 0 atom stereocenters. The van der Waals surface area contributed by atoms with Crippen molar-refractivity contribution in [1.29, 1.82) is 0 Å². The fourth-order valence-corrected chi connectivity index (χ4v) is 3.93. The van der Waals surface area contributed by atoms with Gasteiger partial charge in [-0.1, -0.05) is 29.3 Å². The molecule has 0 aliphatic carbocycles. The first-order chi connectivity index (χ1) is 14.4. The molecule has 6 nitrogen and oxygen atoms in total. The number of aromatic nitrogens is 3. The molecule has 8 heteroatoms. The molecule has 0 fully saturated rings. The van der Waals surface area contributed by atoms with Crippen molar-refractivity contribution in [2.24, 2.45) is 7.05 Å². The molecule has 2 aromatic heterocycles. The highest BCUT2D eigenvalue weighted by Gasteiger charge is 2.16. The zero-order valence-corrected chi connectivity index (χ0v) is 18.0. The number of rotatable bonds is 4. The van der Waals surface area contributed by atoms with Gasteiger partial charge in [0.25, 0.3) is 5.56 Å². The Hall–Kier alpha value is -3.09. The van der Waals surface area contributed by atoms with Gasteiger partial charge in [-0.3, -0.25) is 9.36 Å². The number of anilines is 2. The Kier molecular flexibility index (Phi) is 5.37. The zero-order valence-electron chi connectivity index (χ0n) is 16.5. The zero-order chi connectivity index (χ0) is 21.4. The largest absolute Gasteiger partial charge is 0.496 e. The van der Waals surface area contributed by atoms with Crippen LogP contribution < -0.4 is 15.6 Å². The lowest BCUT2D eigenvalue weighted by atomic mass is 10.1. The summed E-state index contributed by atoms with van der Waals surface area (Å²) in [5, 5.41) is 4.68. The normalized spacial score (nSPS) is 11.0. The van der Waals surface area contributed by atoms with E-state index in [4.69, 9.17) is 27.9 Å². The summed E-state index contributed by atoms with van der Waals surface area (Å²) >= 11 is 12.6. The number of halogens is 2. The van der Waals surface area contributed by atoms with Crippen molar-refractivity contribution in [3.63, 3.8) is 0 Å². The molecule has 2 aromatic carbocycles. The molecule has 152 valence electrons. The summed E-state index contributed by atoms with van der Waals surface area (Å²) in [7, 11) is 3.29. The molecule has 2 heterocycles. The molecular weight excluding hydrogens is 423 g/mol. The van der Waals surface area contributed by atoms with E-state index in [1.165, 1.54) is 4.57 Å². The van der Waals surface area contributed by atoms with Gasteiger partial charge in [-0.05, 0) is 48.9 Å². The van der Waals surface area contributed by atoms with Crippen LogP contribution in [0.15, 0.2) is 53.5 Å². The van der Waals surface area contributed by atoms with E-state index in [0.29, 0.717) is 38.2 Å². The Morgan fingerprint density at radius 2 is 1.83 bits per heavy atom. The van der Waals surface area contributed by atoms with Crippen molar-refractivity contribution in [3.8, 4) is 16.9 Å². The molecule has 0 radical (unpaired) electrons. The fraction of sp³-hybridized carbons (Fsp3) is 0.136. The van der Waals surface area contributed by atoms with Crippen molar-refractivity contribution in [3.05, 3.63) is 74.6 Å². The molecule has 0 saturated carbocycles. The summed E-state index contributed by atoms with van der Waals surface area (Å²) in [6, 6.07) is 12.5. The third-order valence-corrected chi connectivity index (χ3v) is 5.46. The quantitative estimate of drug-likeness (QED) is 0.462. The summed E-state index contributed by atoms with van der Waals surface area (Å²) in [5.74, 6) is 1.18. The van der Waals surface area contributed by atoms with Gasteiger partial charge in [0.05, 0.1) is 22.7 Å². The average molecular weight is 441 g/mol. The molecule has 0 spiro atoms. The van der Waals surface area contributed by atoms with Crippen molar-refractivity contribution in [1.82, 2.24) is 14.5 Å². The standard InChI is InChI=1S/C22H18Cl2N4O2/c1-12-9-14(7-8-18(12)30-3)26-22-25-11-13-10-15(21(29)28(2)20(13)27-22)19-16(23)5-4-6-17(19)24/h4-11H,1-3H3,(H,25,26,27). The topological polar surface area (TPSA) is 69.0 Å². The van der Waals surface area contributed by atoms with Crippen LogP contribution >= 0.6 is 23.2 Å². The molecule has 30 heavy (non-hydrogen) atoms. The second-order valence-electron chi connectivity index (χ2n) is 6.80. The van der Waals surface area contributed by atoms with Gasteiger partial charge >= 0.3 is 0 Å². The molecule has 0 aliphatic heterocycles. The molecule has 0 aliphatic rings. The van der Waals surface area contributed by atoms with E-state index in [-0.39, 0.29) is 5.56 Å². The van der Waals surface area contributed by atoms with Gasteiger partial charge < -0.3 is 10.1 Å². The molecule has 1 N–H and O–H groups in total. The average Bonchev–Trinajstić information content (AvgIpc) is 2.72. The van der Waals surface area contributed by atoms with Crippen LogP contribution in [0.5, 0.6) is 5.75 Å². The van der Waals surface area contributed by atoms with Crippen LogP contribution in [0.25, 0.3) is 22.2 Å². The van der Waals surface area contributed by atoms with Crippen molar-refractivity contribution >= 4 is 45.9 Å². The van der Waals surface area contributed by atoms with Crippen molar-refractivity contribution in [2.75, 3.05) is 12.4 Å². The molecular formula is C22H18Cl2N4O2. The molecule has 0 saturated heterocycles. The van der Waals surface area contributed by atoms with Crippen molar-refractivity contribution < 1.29 is 4.74 Å². The van der Waals surface area contributed by atoms with Gasteiger partial charge in [-0.15, -0.1) is 0 Å². The van der Waals surface area contributed by atoms with Gasteiger partial charge in [-0.25, -0.2) is 4.98 Å². The summed E-state index contributed by atoms with van der Waals surface area (Å²) in [5.41, 5.74) is 2.95. The number of benzene rings is 2. The van der Waals surface area contributed by atoms with Gasteiger partial charge in [0, 0.05) is 29.9 Å². The van der Waals surface area contributed by atoms with Crippen LogP contribution in [0, 0.1) is 6.92 Å². The smallest absolute Gasteiger partial charge is 0.259 e. The Morgan fingerprint density at radius 1 is 1.10 bits per heavy atom. The first kappa shape index (κ1) is 20.2. The first-order valence-electron chi connectivity index (χ1n) is 9.12. The predicted octanol–water partition coefficient (Wildman–Crippen LogP) is 5.36. The Labute approximate surface area is 183 Å². The van der Waals surface area contributed by atoms with Crippen LogP contribution in [-0.4, -0.2) is 21.6 Å². The molecule has 0 unspecified atom stereocenters. The van der Waals surface area contributed by atoms with Crippen LogP contribution in [0.1, 0.15) is 5.56 Å². The minimum Gasteiger partial charge on any atom is -0.496 e. The molecule has 0 bridgehead atoms. The van der Waals surface area contributed by atoms with E-state index in [2.05, 4.69) is 15.3 Å². The van der Waals surface area contributed by atoms with Crippen LogP contribution in [0.4, 0.5) is 11.6 Å². The maximum absolute atomic E-state index is 13.0. The lowest BCUT2D eigenvalue weighted by molar-refractivity contribution is 0.412. The van der Waals surface area contributed by atoms with E-state index < -0.39 is 0 Å². The number of pyridine rings is 1. The second-order valence-corrected chi connectivity index (χ2v) is 7.62. The minimum absolute atomic E-state index is 0.248. The van der Waals surface area contributed by atoms with E-state index in [0.717, 1.165) is 17.0 Å². The number of hydrogen-bond acceptors (Lipinski definition) is 5. The summed E-state index contributed by atoms with van der Waals surface area (Å²) < 4.78 is 6.75.